The van der Waals surface area contributed by atoms with Crippen LogP contribution in [0, 0.1) is 6.92 Å². The molecule has 154 valence electrons. The molecule has 0 spiro atoms. The fraction of sp³-hybridized carbons (Fsp3) is 0.429. The summed E-state index contributed by atoms with van der Waals surface area (Å²) in [5, 5.41) is 7.76. The quantitative estimate of drug-likeness (QED) is 0.300. The van der Waals surface area contributed by atoms with E-state index in [2.05, 4.69) is 22.4 Å². The number of fused-ring (bicyclic) bond motifs is 1. The van der Waals surface area contributed by atoms with E-state index in [1.54, 1.807) is 17.6 Å². The average molecular weight is 415 g/mol. The molecule has 0 unspecified atom stereocenters. The third-order valence-electron chi connectivity index (χ3n) is 4.52. The molecule has 0 fully saturated rings. The van der Waals surface area contributed by atoms with Crippen LogP contribution in [0.1, 0.15) is 44.8 Å². The second-order valence-corrected chi connectivity index (χ2v) is 7.96. The molecule has 1 amide bonds. The summed E-state index contributed by atoms with van der Waals surface area (Å²) in [5.74, 6) is 1.42. The van der Waals surface area contributed by atoms with Gasteiger partial charge in [-0.1, -0.05) is 55.2 Å². The molecule has 0 radical (unpaired) electrons. The second kappa shape index (κ2) is 10.2. The number of rotatable bonds is 10. The molecule has 8 heteroatoms. The lowest BCUT2D eigenvalue weighted by molar-refractivity contribution is -0.115. The van der Waals surface area contributed by atoms with Crippen molar-refractivity contribution in [2.75, 3.05) is 11.1 Å². The van der Waals surface area contributed by atoms with Crippen LogP contribution in [-0.4, -0.2) is 26.4 Å². The van der Waals surface area contributed by atoms with Gasteiger partial charge in [-0.25, -0.2) is 4.98 Å². The Hall–Kier alpha value is -2.61. The highest BCUT2D eigenvalue weighted by atomic mass is 32.2. The number of hydrogen-bond acceptors (Lipinski definition) is 6. The first-order valence-corrected chi connectivity index (χ1v) is 10.9. The van der Waals surface area contributed by atoms with Crippen LogP contribution in [0.15, 0.2) is 44.8 Å². The van der Waals surface area contributed by atoms with Gasteiger partial charge in [0.2, 0.25) is 5.91 Å². The van der Waals surface area contributed by atoms with Crippen molar-refractivity contribution in [2.45, 2.75) is 57.7 Å². The topological polar surface area (TPSA) is 90.0 Å². The number of aryl methyl sites for hydroxylation is 1. The number of unbranched alkanes of at least 4 members (excludes halogenated alkanes) is 3. The first-order valence-electron chi connectivity index (χ1n) is 9.94. The van der Waals surface area contributed by atoms with Gasteiger partial charge in [0.1, 0.15) is 5.76 Å². The maximum atomic E-state index is 13.0. The molecule has 1 N–H and O–H groups in total. The summed E-state index contributed by atoms with van der Waals surface area (Å²) in [4.78, 5) is 29.8. The van der Waals surface area contributed by atoms with E-state index < -0.39 is 0 Å². The molecule has 29 heavy (non-hydrogen) atoms. The van der Waals surface area contributed by atoms with Crippen LogP contribution >= 0.6 is 11.8 Å². The van der Waals surface area contributed by atoms with Gasteiger partial charge in [0.15, 0.2) is 11.0 Å². The van der Waals surface area contributed by atoms with Gasteiger partial charge in [-0.15, -0.1) is 0 Å². The Bertz CT molecular complexity index is 1030. The van der Waals surface area contributed by atoms with Crippen molar-refractivity contribution in [1.29, 1.82) is 0 Å². The van der Waals surface area contributed by atoms with Crippen LogP contribution in [0.4, 0.5) is 5.82 Å². The second-order valence-electron chi connectivity index (χ2n) is 6.90. The molecule has 2 aromatic heterocycles. The van der Waals surface area contributed by atoms with E-state index in [0.717, 1.165) is 25.7 Å². The minimum absolute atomic E-state index is 0.0166. The third kappa shape index (κ3) is 5.69. The van der Waals surface area contributed by atoms with Crippen LogP contribution in [-0.2, 0) is 11.3 Å². The minimum Gasteiger partial charge on any atom is -0.360 e. The number of amides is 1. The van der Waals surface area contributed by atoms with Crippen molar-refractivity contribution < 1.29 is 9.32 Å². The highest BCUT2D eigenvalue weighted by Gasteiger charge is 2.13. The average Bonchev–Trinajstić information content (AvgIpc) is 3.11. The van der Waals surface area contributed by atoms with E-state index in [0.29, 0.717) is 39.9 Å². The summed E-state index contributed by atoms with van der Waals surface area (Å²) in [6.07, 6.45) is 4.61. The Labute approximate surface area is 173 Å². The van der Waals surface area contributed by atoms with E-state index in [1.807, 2.05) is 24.3 Å². The fourth-order valence-corrected chi connectivity index (χ4v) is 3.98. The molecular formula is C21H26N4O3S. The molecule has 0 aliphatic heterocycles. The highest BCUT2D eigenvalue weighted by Crippen LogP contribution is 2.20. The summed E-state index contributed by atoms with van der Waals surface area (Å²) >= 11 is 1.43. The first kappa shape index (κ1) is 21.1. The molecule has 1 aromatic carbocycles. The van der Waals surface area contributed by atoms with Crippen molar-refractivity contribution in [3.63, 3.8) is 0 Å². The SMILES string of the molecule is CCCCCCn1c(SCCC(=O)Nc2cc(C)on2)nc2ccccc2c1=O. The summed E-state index contributed by atoms with van der Waals surface area (Å²) in [5.41, 5.74) is 0.671. The van der Waals surface area contributed by atoms with E-state index in [1.165, 1.54) is 11.8 Å². The number of nitrogens with zero attached hydrogens (tertiary/aromatic N) is 3. The van der Waals surface area contributed by atoms with Gasteiger partial charge in [-0.3, -0.25) is 14.2 Å². The molecular weight excluding hydrogens is 388 g/mol. The van der Waals surface area contributed by atoms with Gasteiger partial charge >= 0.3 is 0 Å². The smallest absolute Gasteiger partial charge is 0.262 e. The van der Waals surface area contributed by atoms with Crippen molar-refractivity contribution in [1.82, 2.24) is 14.7 Å². The van der Waals surface area contributed by atoms with Crippen molar-refractivity contribution in [2.24, 2.45) is 0 Å². The van der Waals surface area contributed by atoms with Gasteiger partial charge in [0.05, 0.1) is 10.9 Å². The molecule has 0 saturated carbocycles. The maximum absolute atomic E-state index is 13.0. The monoisotopic (exact) mass is 414 g/mol. The highest BCUT2D eigenvalue weighted by molar-refractivity contribution is 7.99. The molecule has 0 aliphatic rings. The predicted octanol–water partition coefficient (Wildman–Crippen LogP) is 4.39. The molecule has 0 saturated heterocycles. The summed E-state index contributed by atoms with van der Waals surface area (Å²) in [6, 6.07) is 9.07. The number of carbonyl (C=O) groups excluding carboxylic acids is 1. The lowest BCUT2D eigenvalue weighted by atomic mass is 10.2. The Balaban J connectivity index is 1.69. The Kier molecular flexibility index (Phi) is 7.46. The summed E-state index contributed by atoms with van der Waals surface area (Å²) < 4.78 is 6.70. The van der Waals surface area contributed by atoms with Gasteiger partial charge < -0.3 is 9.84 Å². The maximum Gasteiger partial charge on any atom is 0.262 e. The number of carbonyl (C=O) groups is 1. The molecule has 3 aromatic rings. The number of para-hydroxylation sites is 1. The lowest BCUT2D eigenvalue weighted by Crippen LogP contribution is -2.23. The number of anilines is 1. The number of hydrogen-bond donors (Lipinski definition) is 1. The first-order chi connectivity index (χ1) is 14.1. The zero-order valence-corrected chi connectivity index (χ0v) is 17.6. The zero-order valence-electron chi connectivity index (χ0n) is 16.8. The van der Waals surface area contributed by atoms with E-state index in [9.17, 15) is 9.59 Å². The molecule has 2 heterocycles. The lowest BCUT2D eigenvalue weighted by Gasteiger charge is -2.13. The van der Waals surface area contributed by atoms with Crippen LogP contribution in [0.25, 0.3) is 10.9 Å². The number of aromatic nitrogens is 3. The molecule has 0 atom stereocenters. The third-order valence-corrected chi connectivity index (χ3v) is 5.50. The van der Waals surface area contributed by atoms with Crippen molar-refractivity contribution in [3.05, 3.63) is 46.4 Å². The predicted molar refractivity (Wildman–Crippen MR) is 115 cm³/mol. The molecule has 0 aliphatic carbocycles. The molecule has 3 rings (SSSR count). The number of thioether (sulfide) groups is 1. The fourth-order valence-electron chi connectivity index (χ4n) is 3.02. The molecule has 7 nitrogen and oxygen atoms in total. The normalized spacial score (nSPS) is 11.1. The van der Waals surface area contributed by atoms with Gasteiger partial charge in [-0.05, 0) is 25.5 Å². The van der Waals surface area contributed by atoms with Gasteiger partial charge in [0, 0.05) is 24.8 Å². The largest absolute Gasteiger partial charge is 0.360 e. The number of benzene rings is 1. The van der Waals surface area contributed by atoms with Crippen molar-refractivity contribution >= 4 is 34.4 Å². The Morgan fingerprint density at radius 2 is 2.07 bits per heavy atom. The van der Waals surface area contributed by atoms with E-state index >= 15 is 0 Å². The van der Waals surface area contributed by atoms with Crippen molar-refractivity contribution in [3.8, 4) is 0 Å². The Morgan fingerprint density at radius 1 is 1.24 bits per heavy atom. The zero-order chi connectivity index (χ0) is 20.6. The van der Waals surface area contributed by atoms with Crippen LogP contribution in [0.5, 0.6) is 0 Å². The van der Waals surface area contributed by atoms with Crippen LogP contribution < -0.4 is 10.9 Å². The summed E-state index contributed by atoms with van der Waals surface area (Å²) in [6.45, 7) is 4.57. The Morgan fingerprint density at radius 3 is 2.83 bits per heavy atom. The summed E-state index contributed by atoms with van der Waals surface area (Å²) in [7, 11) is 0. The van der Waals surface area contributed by atoms with Gasteiger partial charge in [0.25, 0.3) is 5.56 Å². The van der Waals surface area contributed by atoms with E-state index in [4.69, 9.17) is 4.52 Å². The standard InChI is InChI=1S/C21H26N4O3S/c1-3-4-5-8-12-25-20(27)16-9-6-7-10-17(16)22-21(25)29-13-11-19(26)23-18-14-15(2)28-24-18/h6-7,9-10,14H,3-5,8,11-13H2,1-2H3,(H,23,24,26). The van der Waals surface area contributed by atoms with E-state index in [-0.39, 0.29) is 17.9 Å². The minimum atomic E-state index is -0.150. The number of nitrogens with one attached hydrogen (secondary N) is 1. The molecule has 0 bridgehead atoms. The van der Waals surface area contributed by atoms with Crippen LogP contribution in [0.3, 0.4) is 0 Å². The van der Waals surface area contributed by atoms with Crippen LogP contribution in [0.2, 0.25) is 0 Å². The van der Waals surface area contributed by atoms with Gasteiger partial charge in [-0.2, -0.15) is 0 Å².